The first-order valence-corrected chi connectivity index (χ1v) is 9.69. The molecule has 0 unspecified atom stereocenters. The van der Waals surface area contributed by atoms with Gasteiger partial charge in [0.15, 0.2) is 0 Å². The molecule has 0 bridgehead atoms. The van der Waals surface area contributed by atoms with E-state index < -0.39 is 4.92 Å². The number of unbranched alkanes of at least 4 members (excludes halogenated alkanes) is 1. The minimum Gasteiger partial charge on any atom is -0.494 e. The molecule has 1 aliphatic heterocycles. The minimum atomic E-state index is -0.502. The van der Waals surface area contributed by atoms with Gasteiger partial charge in [-0.05, 0) is 48.3 Å². The summed E-state index contributed by atoms with van der Waals surface area (Å²) in [6.07, 6.45) is 4.84. The van der Waals surface area contributed by atoms with Crippen molar-refractivity contribution in [2.24, 2.45) is 0 Å². The van der Waals surface area contributed by atoms with E-state index in [4.69, 9.17) is 4.74 Å². The number of fused-ring (bicyclic) bond motifs is 2. The van der Waals surface area contributed by atoms with Gasteiger partial charge in [-0.25, -0.2) is 4.98 Å². The van der Waals surface area contributed by atoms with Crippen molar-refractivity contribution in [1.82, 2.24) is 9.55 Å². The van der Waals surface area contributed by atoms with Crippen molar-refractivity contribution in [3.63, 3.8) is 0 Å². The summed E-state index contributed by atoms with van der Waals surface area (Å²) < 4.78 is 7.29. The highest BCUT2D eigenvalue weighted by atomic mass is 16.6. The molecular formula is C22H21N3O4. The maximum atomic E-state index is 12.8. The highest BCUT2D eigenvalue weighted by Gasteiger charge is 2.22. The van der Waals surface area contributed by atoms with Crippen molar-refractivity contribution in [2.45, 2.75) is 32.7 Å². The Labute approximate surface area is 167 Å². The third-order valence-electron chi connectivity index (χ3n) is 5.03. The Morgan fingerprint density at radius 3 is 2.76 bits per heavy atom. The molecule has 0 fully saturated rings. The van der Waals surface area contributed by atoms with E-state index in [-0.39, 0.29) is 16.6 Å². The monoisotopic (exact) mass is 391 g/mol. The number of aromatic nitrogens is 2. The van der Waals surface area contributed by atoms with Crippen LogP contribution in [0.15, 0.2) is 47.3 Å². The molecule has 7 heteroatoms. The lowest BCUT2D eigenvalue weighted by Gasteiger charge is -2.07. The fourth-order valence-electron chi connectivity index (χ4n) is 3.45. The summed E-state index contributed by atoms with van der Waals surface area (Å²) in [6, 6.07) is 12.1. The molecule has 29 heavy (non-hydrogen) atoms. The van der Waals surface area contributed by atoms with E-state index in [0.29, 0.717) is 30.9 Å². The number of allylic oxidation sites excluding steroid dienone is 1. The van der Waals surface area contributed by atoms with E-state index in [1.807, 2.05) is 30.3 Å². The van der Waals surface area contributed by atoms with Gasteiger partial charge in [0.2, 0.25) is 0 Å². The van der Waals surface area contributed by atoms with Crippen LogP contribution in [0.1, 0.15) is 37.6 Å². The number of non-ortho nitro benzene ring substituents is 1. The second kappa shape index (κ2) is 7.87. The molecule has 0 saturated carbocycles. The van der Waals surface area contributed by atoms with Gasteiger partial charge < -0.3 is 4.74 Å². The van der Waals surface area contributed by atoms with Gasteiger partial charge in [0.25, 0.3) is 11.2 Å². The van der Waals surface area contributed by atoms with Gasteiger partial charge in [0, 0.05) is 18.7 Å². The molecular weight excluding hydrogens is 370 g/mol. The zero-order valence-corrected chi connectivity index (χ0v) is 16.1. The van der Waals surface area contributed by atoms with E-state index in [9.17, 15) is 14.9 Å². The average Bonchev–Trinajstić information content (AvgIpc) is 3.12. The van der Waals surface area contributed by atoms with E-state index in [1.54, 1.807) is 4.57 Å². The molecule has 0 atom stereocenters. The molecule has 0 spiro atoms. The fraction of sp³-hybridized carbons (Fsp3) is 0.273. The molecule has 0 saturated heterocycles. The summed E-state index contributed by atoms with van der Waals surface area (Å²) in [5.74, 6) is 1.47. The summed E-state index contributed by atoms with van der Waals surface area (Å²) in [4.78, 5) is 27.9. The fourth-order valence-corrected chi connectivity index (χ4v) is 3.45. The maximum Gasteiger partial charge on any atom is 0.270 e. The quantitative estimate of drug-likeness (QED) is 0.352. The molecule has 7 nitrogen and oxygen atoms in total. The second-order valence-electron chi connectivity index (χ2n) is 7.04. The Hall–Kier alpha value is -3.48. The summed E-state index contributed by atoms with van der Waals surface area (Å²) in [6.45, 7) is 3.36. The van der Waals surface area contributed by atoms with Crippen molar-refractivity contribution in [2.75, 3.05) is 6.61 Å². The van der Waals surface area contributed by atoms with Crippen LogP contribution >= 0.6 is 0 Å². The van der Waals surface area contributed by atoms with Crippen LogP contribution in [0.3, 0.4) is 0 Å². The zero-order valence-electron chi connectivity index (χ0n) is 16.1. The number of benzene rings is 2. The molecule has 0 N–H and O–H groups in total. The van der Waals surface area contributed by atoms with E-state index in [0.717, 1.165) is 29.7 Å². The molecule has 3 aromatic rings. The number of rotatable bonds is 6. The lowest BCUT2D eigenvalue weighted by Crippen LogP contribution is -2.20. The van der Waals surface area contributed by atoms with E-state index in [2.05, 4.69) is 11.9 Å². The Balaban J connectivity index is 1.66. The highest BCUT2D eigenvalue weighted by molar-refractivity contribution is 5.85. The number of ether oxygens (including phenoxy) is 1. The third kappa shape index (κ3) is 3.76. The second-order valence-corrected chi connectivity index (χ2v) is 7.04. The number of hydrogen-bond acceptors (Lipinski definition) is 5. The van der Waals surface area contributed by atoms with Crippen molar-refractivity contribution in [3.05, 3.63) is 74.3 Å². The summed E-state index contributed by atoms with van der Waals surface area (Å²) in [5.41, 5.74) is 2.11. The topological polar surface area (TPSA) is 87.3 Å². The van der Waals surface area contributed by atoms with Crippen LogP contribution in [0.5, 0.6) is 5.75 Å². The lowest BCUT2D eigenvalue weighted by molar-refractivity contribution is -0.384. The zero-order chi connectivity index (χ0) is 20.4. The number of nitrogens with zero attached hydrogens (tertiary/aromatic N) is 3. The normalized spacial score (nSPS) is 14.3. The first-order chi connectivity index (χ1) is 14.1. The van der Waals surface area contributed by atoms with Gasteiger partial charge in [-0.15, -0.1) is 0 Å². The third-order valence-corrected chi connectivity index (χ3v) is 5.03. The van der Waals surface area contributed by atoms with E-state index in [1.165, 1.54) is 18.2 Å². The maximum absolute atomic E-state index is 12.8. The molecule has 1 aromatic heterocycles. The average molecular weight is 391 g/mol. The number of nitro groups is 1. The van der Waals surface area contributed by atoms with E-state index >= 15 is 0 Å². The van der Waals surface area contributed by atoms with Crippen LogP contribution in [0.25, 0.3) is 22.6 Å². The Kier molecular flexibility index (Phi) is 5.12. The van der Waals surface area contributed by atoms with Crippen LogP contribution in [0, 0.1) is 10.1 Å². The van der Waals surface area contributed by atoms with Gasteiger partial charge in [0.05, 0.1) is 22.4 Å². The van der Waals surface area contributed by atoms with Gasteiger partial charge in [0.1, 0.15) is 11.6 Å². The lowest BCUT2D eigenvalue weighted by atomic mass is 10.1. The molecule has 4 rings (SSSR count). The SMILES string of the molecule is CCCCOc1ccc(/C=C2\CCn3c2nc2ccc([N+](=O)[O-])cc2c3=O)cc1. The van der Waals surface area contributed by atoms with Gasteiger partial charge in [-0.3, -0.25) is 19.5 Å². The number of hydrogen-bond donors (Lipinski definition) is 0. The predicted molar refractivity (Wildman–Crippen MR) is 112 cm³/mol. The van der Waals surface area contributed by atoms with Crippen LogP contribution in [-0.2, 0) is 6.54 Å². The van der Waals surface area contributed by atoms with Crippen molar-refractivity contribution in [3.8, 4) is 5.75 Å². The Morgan fingerprint density at radius 2 is 2.03 bits per heavy atom. The molecule has 0 aliphatic carbocycles. The largest absolute Gasteiger partial charge is 0.494 e. The minimum absolute atomic E-state index is 0.105. The van der Waals surface area contributed by atoms with Crippen LogP contribution in [-0.4, -0.2) is 21.1 Å². The van der Waals surface area contributed by atoms with Crippen LogP contribution < -0.4 is 10.3 Å². The first-order valence-electron chi connectivity index (χ1n) is 9.69. The van der Waals surface area contributed by atoms with Crippen LogP contribution in [0.4, 0.5) is 5.69 Å². The van der Waals surface area contributed by atoms with Gasteiger partial charge in [-0.2, -0.15) is 0 Å². The smallest absolute Gasteiger partial charge is 0.270 e. The molecule has 0 amide bonds. The standard InChI is InChI=1S/C22H21N3O4/c1-2-3-12-29-18-7-4-15(5-8-18)13-16-10-11-24-21(16)23-20-9-6-17(25(27)28)14-19(20)22(24)26/h4-9,13-14H,2-3,10-12H2,1H3/b16-13+. The van der Waals surface area contributed by atoms with Gasteiger partial charge >= 0.3 is 0 Å². The van der Waals surface area contributed by atoms with Crippen molar-refractivity contribution in [1.29, 1.82) is 0 Å². The summed E-state index contributed by atoms with van der Waals surface area (Å²) in [7, 11) is 0. The highest BCUT2D eigenvalue weighted by Crippen LogP contribution is 2.28. The van der Waals surface area contributed by atoms with Gasteiger partial charge in [-0.1, -0.05) is 25.5 Å². The summed E-state index contributed by atoms with van der Waals surface area (Å²) >= 11 is 0. The van der Waals surface area contributed by atoms with Crippen molar-refractivity contribution >= 4 is 28.2 Å². The molecule has 148 valence electrons. The molecule has 1 aliphatic rings. The first kappa shape index (κ1) is 18.9. The molecule has 0 radical (unpaired) electrons. The molecule has 2 aromatic carbocycles. The number of nitro benzene ring substituents is 1. The van der Waals surface area contributed by atoms with Crippen molar-refractivity contribution < 1.29 is 9.66 Å². The Morgan fingerprint density at radius 1 is 1.24 bits per heavy atom. The predicted octanol–water partition coefficient (Wildman–Crippen LogP) is 4.43. The summed E-state index contributed by atoms with van der Waals surface area (Å²) in [5, 5.41) is 11.3. The Bertz CT molecular complexity index is 1160. The van der Waals surface area contributed by atoms with Crippen LogP contribution in [0.2, 0.25) is 0 Å². The molecule has 2 heterocycles.